The monoisotopic (exact) mass is 382 g/mol. The van der Waals surface area contributed by atoms with Crippen LogP contribution in [-0.2, 0) is 4.74 Å². The van der Waals surface area contributed by atoms with E-state index in [0.29, 0.717) is 0 Å². The molecule has 0 aliphatic carbocycles. The fourth-order valence-corrected chi connectivity index (χ4v) is 3.14. The summed E-state index contributed by atoms with van der Waals surface area (Å²) in [5, 5.41) is 4.78. The number of ether oxygens (including phenoxy) is 1. The normalized spacial score (nSPS) is 15.7. The van der Waals surface area contributed by atoms with Crippen LogP contribution in [0, 0.1) is 6.92 Å². The maximum absolute atomic E-state index is 5.45. The van der Waals surface area contributed by atoms with E-state index in [1.807, 2.05) is 11.4 Å². The first-order chi connectivity index (χ1) is 11.0. The molecule has 0 unspecified atom stereocenters. The Labute approximate surface area is 144 Å². The number of aromatic nitrogens is 3. The summed E-state index contributed by atoms with van der Waals surface area (Å²) < 4.78 is 8.25. The van der Waals surface area contributed by atoms with Crippen LogP contribution in [0.4, 0.5) is 11.5 Å². The van der Waals surface area contributed by atoms with Crippen LogP contribution in [0.15, 0.2) is 10.7 Å². The van der Waals surface area contributed by atoms with Crippen LogP contribution in [0.25, 0.3) is 5.65 Å². The number of fused-ring (bicyclic) bond motifs is 1. The van der Waals surface area contributed by atoms with Crippen molar-refractivity contribution in [3.05, 3.63) is 16.4 Å². The lowest BCUT2D eigenvalue weighted by Gasteiger charge is -2.29. The predicted molar refractivity (Wildman–Crippen MR) is 95.4 cm³/mol. The number of aryl methyl sites for hydroxylation is 1. The van der Waals surface area contributed by atoms with Crippen molar-refractivity contribution in [1.82, 2.24) is 19.5 Å². The van der Waals surface area contributed by atoms with Gasteiger partial charge in [-0.1, -0.05) is 0 Å². The Kier molecular flexibility index (Phi) is 4.74. The lowest BCUT2D eigenvalue weighted by molar-refractivity contribution is 0.122. The van der Waals surface area contributed by atoms with Gasteiger partial charge in [0, 0.05) is 26.2 Å². The summed E-state index contributed by atoms with van der Waals surface area (Å²) in [6.45, 7) is 6.01. The first-order valence-electron chi connectivity index (χ1n) is 7.72. The van der Waals surface area contributed by atoms with Crippen molar-refractivity contribution < 1.29 is 4.74 Å². The topological polar surface area (TPSA) is 49.1 Å². The van der Waals surface area contributed by atoms with Crippen LogP contribution in [0.3, 0.4) is 0 Å². The molecule has 1 aliphatic heterocycles. The first-order valence-corrected chi connectivity index (χ1v) is 8.51. The summed E-state index contributed by atoms with van der Waals surface area (Å²) in [6, 6.07) is 2.13. The van der Waals surface area contributed by atoms with E-state index in [0.717, 1.165) is 60.4 Å². The summed E-state index contributed by atoms with van der Waals surface area (Å²) >= 11 is 3.61. The molecule has 0 atom stereocenters. The van der Waals surface area contributed by atoms with Crippen molar-refractivity contribution in [3.8, 4) is 0 Å². The maximum atomic E-state index is 5.45. The molecule has 23 heavy (non-hydrogen) atoms. The van der Waals surface area contributed by atoms with E-state index in [-0.39, 0.29) is 0 Å². The smallest absolute Gasteiger partial charge is 0.178 e. The third-order valence-corrected chi connectivity index (χ3v) is 4.81. The van der Waals surface area contributed by atoms with Crippen molar-refractivity contribution in [2.75, 3.05) is 63.9 Å². The van der Waals surface area contributed by atoms with E-state index in [4.69, 9.17) is 9.84 Å². The van der Waals surface area contributed by atoms with E-state index in [2.05, 4.69) is 62.8 Å². The zero-order valence-electron chi connectivity index (χ0n) is 14.1. The fraction of sp³-hybridized carbons (Fsp3) is 0.600. The Morgan fingerprint density at radius 2 is 1.96 bits per heavy atom. The minimum absolute atomic E-state index is 0.743. The van der Waals surface area contributed by atoms with Gasteiger partial charge in [0.05, 0.1) is 31.3 Å². The zero-order valence-corrected chi connectivity index (χ0v) is 15.7. The number of anilines is 2. The number of imidazole rings is 1. The van der Waals surface area contributed by atoms with E-state index in [9.17, 15) is 0 Å². The molecule has 0 amide bonds. The van der Waals surface area contributed by atoms with E-state index in [1.165, 1.54) is 0 Å². The summed E-state index contributed by atoms with van der Waals surface area (Å²) in [7, 11) is 6.20. The summed E-state index contributed by atoms with van der Waals surface area (Å²) in [5.74, 6) is 0.958. The van der Waals surface area contributed by atoms with Crippen LogP contribution in [-0.4, -0.2) is 73.6 Å². The lowest BCUT2D eigenvalue weighted by Crippen LogP contribution is -2.37. The van der Waals surface area contributed by atoms with Gasteiger partial charge in [-0.05, 0) is 36.9 Å². The van der Waals surface area contributed by atoms with Gasteiger partial charge in [0.2, 0.25) is 0 Å². The molecule has 0 radical (unpaired) electrons. The quantitative estimate of drug-likeness (QED) is 0.748. The predicted octanol–water partition coefficient (Wildman–Crippen LogP) is 1.59. The third kappa shape index (κ3) is 3.29. The second-order valence-electron chi connectivity index (χ2n) is 6.13. The summed E-state index contributed by atoms with van der Waals surface area (Å²) in [6.07, 6.45) is 0. The molecule has 0 N–H and O–H groups in total. The van der Waals surface area contributed by atoms with Gasteiger partial charge in [-0.25, -0.2) is 9.50 Å². The second-order valence-corrected chi connectivity index (χ2v) is 6.88. The van der Waals surface area contributed by atoms with Gasteiger partial charge in [0.15, 0.2) is 11.5 Å². The minimum atomic E-state index is 0.743. The molecule has 0 bridgehead atoms. The Morgan fingerprint density at radius 1 is 1.26 bits per heavy atom. The van der Waals surface area contributed by atoms with Crippen molar-refractivity contribution in [3.63, 3.8) is 0 Å². The van der Waals surface area contributed by atoms with Gasteiger partial charge >= 0.3 is 0 Å². The highest BCUT2D eigenvalue weighted by molar-refractivity contribution is 9.10. The Balaban J connectivity index is 2.09. The lowest BCUT2D eigenvalue weighted by atomic mass is 10.3. The van der Waals surface area contributed by atoms with Gasteiger partial charge < -0.3 is 14.5 Å². The number of halogens is 1. The third-order valence-electron chi connectivity index (χ3n) is 3.90. The molecule has 3 heterocycles. The fourth-order valence-electron chi connectivity index (χ4n) is 2.80. The molecule has 8 heteroatoms. The SMILES string of the molecule is Cc1nc2c(N(C)CN(C)C)cc(N3CCOCC3)nn2c1Br. The minimum Gasteiger partial charge on any atom is -0.378 e. The van der Waals surface area contributed by atoms with Gasteiger partial charge in [0.1, 0.15) is 4.60 Å². The van der Waals surface area contributed by atoms with Crippen LogP contribution in [0.1, 0.15) is 5.69 Å². The van der Waals surface area contributed by atoms with Crippen molar-refractivity contribution in [1.29, 1.82) is 0 Å². The largest absolute Gasteiger partial charge is 0.378 e. The number of hydrogen-bond donors (Lipinski definition) is 0. The molecule has 1 aliphatic rings. The second kappa shape index (κ2) is 6.62. The molecule has 126 valence electrons. The molecule has 3 rings (SSSR count). The highest BCUT2D eigenvalue weighted by Crippen LogP contribution is 2.29. The van der Waals surface area contributed by atoms with Crippen LogP contribution in [0.2, 0.25) is 0 Å². The molecule has 0 spiro atoms. The molecule has 0 aromatic carbocycles. The van der Waals surface area contributed by atoms with E-state index in [1.54, 1.807) is 0 Å². The maximum Gasteiger partial charge on any atom is 0.178 e. The van der Waals surface area contributed by atoms with Crippen molar-refractivity contribution >= 4 is 33.1 Å². The highest BCUT2D eigenvalue weighted by Gasteiger charge is 2.20. The number of morpholine rings is 1. The Bertz CT molecular complexity index is 695. The summed E-state index contributed by atoms with van der Waals surface area (Å²) in [5.41, 5.74) is 2.89. The molecule has 7 nitrogen and oxygen atoms in total. The Morgan fingerprint density at radius 3 is 2.61 bits per heavy atom. The van der Waals surface area contributed by atoms with Crippen LogP contribution < -0.4 is 9.80 Å². The standard InChI is InChI=1S/C15H23BrN6O/c1-11-14(16)22-15(17-11)12(20(4)10-19(2)3)9-13(18-22)21-5-7-23-8-6-21/h9H,5-8,10H2,1-4H3. The molecule has 2 aromatic rings. The number of hydrogen-bond acceptors (Lipinski definition) is 6. The van der Waals surface area contributed by atoms with Crippen LogP contribution in [0.5, 0.6) is 0 Å². The van der Waals surface area contributed by atoms with Gasteiger partial charge in [-0.3, -0.25) is 4.90 Å². The Hall–Kier alpha value is -1.38. The average molecular weight is 383 g/mol. The van der Waals surface area contributed by atoms with E-state index >= 15 is 0 Å². The van der Waals surface area contributed by atoms with Crippen molar-refractivity contribution in [2.24, 2.45) is 0 Å². The van der Waals surface area contributed by atoms with Gasteiger partial charge in [-0.2, -0.15) is 0 Å². The molecular weight excluding hydrogens is 360 g/mol. The average Bonchev–Trinajstić information content (AvgIpc) is 2.82. The molecule has 2 aromatic heterocycles. The van der Waals surface area contributed by atoms with Crippen molar-refractivity contribution in [2.45, 2.75) is 6.92 Å². The summed E-state index contributed by atoms with van der Waals surface area (Å²) in [4.78, 5) is 11.3. The van der Waals surface area contributed by atoms with Crippen LogP contribution >= 0.6 is 15.9 Å². The van der Waals surface area contributed by atoms with Gasteiger partial charge in [-0.15, -0.1) is 5.10 Å². The first kappa shape index (κ1) is 16.5. The molecule has 0 saturated carbocycles. The number of nitrogens with zero attached hydrogens (tertiary/aromatic N) is 6. The molecule has 1 saturated heterocycles. The highest BCUT2D eigenvalue weighted by atomic mass is 79.9. The van der Waals surface area contributed by atoms with E-state index < -0.39 is 0 Å². The molecular formula is C15H23BrN6O. The molecule has 1 fully saturated rings. The van der Waals surface area contributed by atoms with Gasteiger partial charge in [0.25, 0.3) is 0 Å². The zero-order chi connectivity index (χ0) is 16.6. The number of rotatable bonds is 4.